The van der Waals surface area contributed by atoms with Crippen LogP contribution in [0.15, 0.2) is 42.7 Å². The second-order valence-electron chi connectivity index (χ2n) is 8.69. The number of hydrogen-bond donors (Lipinski definition) is 3. The van der Waals surface area contributed by atoms with Gasteiger partial charge in [-0.3, -0.25) is 9.78 Å². The van der Waals surface area contributed by atoms with Crippen LogP contribution in [-0.2, 0) is 0 Å². The molecule has 1 aliphatic rings. The average molecular weight is 502 g/mol. The number of aliphatic hydroxyl groups excluding tert-OH is 1. The van der Waals surface area contributed by atoms with Crippen LogP contribution >= 0.6 is 0 Å². The van der Waals surface area contributed by atoms with E-state index in [1.807, 2.05) is 0 Å². The summed E-state index contributed by atoms with van der Waals surface area (Å²) in [5, 5.41) is 11.6. The van der Waals surface area contributed by atoms with Gasteiger partial charge in [0.1, 0.15) is 29.6 Å². The highest BCUT2D eigenvalue weighted by Gasteiger charge is 2.26. The van der Waals surface area contributed by atoms with Gasteiger partial charge in [0.25, 0.3) is 5.91 Å². The number of aliphatic hydroxyl groups is 1. The predicted molar refractivity (Wildman–Crippen MR) is 128 cm³/mol. The van der Waals surface area contributed by atoms with Gasteiger partial charge in [-0.05, 0) is 42.7 Å². The highest BCUT2D eigenvalue weighted by Crippen LogP contribution is 2.33. The largest absolute Gasteiger partial charge is 0.488 e. The number of carbonyl (C=O) groups excluding carboxylic acids is 1. The first-order valence-corrected chi connectivity index (χ1v) is 11.4. The van der Waals surface area contributed by atoms with E-state index in [1.165, 1.54) is 6.20 Å². The van der Waals surface area contributed by atoms with Gasteiger partial charge in [-0.15, -0.1) is 0 Å². The molecule has 3 aromatic rings. The molecule has 0 bridgehead atoms. The third-order valence-electron chi connectivity index (χ3n) is 5.80. The lowest BCUT2D eigenvalue weighted by atomic mass is 9.96. The van der Waals surface area contributed by atoms with Gasteiger partial charge in [-0.1, -0.05) is 6.92 Å². The number of nitrogens with one attached hydrogen (secondary N) is 1. The van der Waals surface area contributed by atoms with Crippen molar-refractivity contribution in [2.24, 2.45) is 11.7 Å². The van der Waals surface area contributed by atoms with Gasteiger partial charge in [-0.25, -0.2) is 18.2 Å². The Kier molecular flexibility index (Phi) is 7.70. The number of hydrogen-bond acceptors (Lipinski definition) is 7. The second kappa shape index (κ2) is 10.9. The number of piperidine rings is 1. The van der Waals surface area contributed by atoms with Crippen molar-refractivity contribution in [1.82, 2.24) is 9.97 Å². The van der Waals surface area contributed by atoms with Crippen LogP contribution in [0.5, 0.6) is 5.75 Å². The number of nitrogens with zero attached hydrogens (tertiary/aromatic N) is 3. The van der Waals surface area contributed by atoms with Gasteiger partial charge in [0.15, 0.2) is 11.6 Å². The topological polar surface area (TPSA) is 114 Å². The van der Waals surface area contributed by atoms with E-state index in [2.05, 4.69) is 27.1 Å². The number of nitrogens with two attached hydrogens (primary N) is 1. The smallest absolute Gasteiger partial charge is 0.274 e. The summed E-state index contributed by atoms with van der Waals surface area (Å²) in [6.45, 7) is 2.80. The van der Waals surface area contributed by atoms with Crippen LogP contribution in [-0.4, -0.2) is 53.3 Å². The van der Waals surface area contributed by atoms with Crippen molar-refractivity contribution in [2.45, 2.75) is 19.4 Å². The van der Waals surface area contributed by atoms with E-state index in [0.717, 1.165) is 37.2 Å². The first-order valence-electron chi connectivity index (χ1n) is 11.4. The summed E-state index contributed by atoms with van der Waals surface area (Å²) >= 11 is 0. The Morgan fingerprint density at radius 1 is 1.19 bits per heavy atom. The van der Waals surface area contributed by atoms with Gasteiger partial charge in [-0.2, -0.15) is 0 Å². The number of anilines is 2. The molecule has 11 heteroatoms. The van der Waals surface area contributed by atoms with Crippen LogP contribution in [0.3, 0.4) is 0 Å². The van der Waals surface area contributed by atoms with E-state index < -0.39 is 41.2 Å². The number of benzene rings is 1. The van der Waals surface area contributed by atoms with Crippen LogP contribution in [0.25, 0.3) is 11.3 Å². The third-order valence-corrected chi connectivity index (χ3v) is 5.80. The van der Waals surface area contributed by atoms with E-state index in [-0.39, 0.29) is 24.1 Å². The number of rotatable bonds is 7. The first-order chi connectivity index (χ1) is 17.3. The van der Waals surface area contributed by atoms with Gasteiger partial charge < -0.3 is 25.8 Å². The number of amides is 1. The van der Waals surface area contributed by atoms with Crippen molar-refractivity contribution in [2.75, 3.05) is 36.5 Å². The highest BCUT2D eigenvalue weighted by atomic mass is 19.1. The fourth-order valence-electron chi connectivity index (χ4n) is 4.30. The van der Waals surface area contributed by atoms with Crippen molar-refractivity contribution in [3.05, 3.63) is 65.9 Å². The second-order valence-corrected chi connectivity index (χ2v) is 8.69. The van der Waals surface area contributed by atoms with Crippen LogP contribution in [0.1, 0.15) is 23.8 Å². The number of carbonyl (C=O) groups is 1. The van der Waals surface area contributed by atoms with Crippen molar-refractivity contribution in [3.63, 3.8) is 0 Å². The van der Waals surface area contributed by atoms with Gasteiger partial charge in [0.05, 0.1) is 29.7 Å². The lowest BCUT2D eigenvalue weighted by molar-refractivity contribution is 0.102. The molecule has 3 heterocycles. The Morgan fingerprint density at radius 2 is 1.97 bits per heavy atom. The summed E-state index contributed by atoms with van der Waals surface area (Å²) in [7, 11) is 0. The molecule has 4 N–H and O–H groups in total. The maximum Gasteiger partial charge on any atom is 0.274 e. The number of pyridine rings is 2. The number of halogens is 3. The predicted octanol–water partition coefficient (Wildman–Crippen LogP) is 3.36. The summed E-state index contributed by atoms with van der Waals surface area (Å²) in [6.07, 6.45) is 3.97. The van der Waals surface area contributed by atoms with E-state index >= 15 is 0 Å². The molecule has 1 fully saturated rings. The minimum Gasteiger partial charge on any atom is -0.488 e. The summed E-state index contributed by atoms with van der Waals surface area (Å²) in [4.78, 5) is 23.1. The maximum atomic E-state index is 14.9. The molecular formula is C25H26F3N5O3. The molecule has 2 atom stereocenters. The first kappa shape index (κ1) is 25.4. The fourth-order valence-corrected chi connectivity index (χ4v) is 4.30. The molecule has 0 spiro atoms. The van der Waals surface area contributed by atoms with Gasteiger partial charge in [0, 0.05) is 25.3 Å². The quantitative estimate of drug-likeness (QED) is 0.455. The monoisotopic (exact) mass is 501 g/mol. The maximum absolute atomic E-state index is 14.9. The standard InChI is InChI=1S/C25H26F3N5O3/c1-14-10-15(29)13-33(12-14)20-6-7-30-11-19(20)32-25(35)18-4-2-17(27)24(31-18)22-16(26)3-5-21(23(22)28)36-9-8-34/h2-7,11,14-15,34H,8-10,12-13,29H2,1H3,(H,32,35). The SMILES string of the molecule is CC1CC(N)CN(c2ccncc2NC(=O)c2ccc(F)c(-c3c(F)ccc(OCCO)c3F)n2)C1. The van der Waals surface area contributed by atoms with Gasteiger partial charge in [0.2, 0.25) is 0 Å². The lowest BCUT2D eigenvalue weighted by Crippen LogP contribution is -2.46. The molecule has 2 unspecified atom stereocenters. The highest BCUT2D eigenvalue weighted by molar-refractivity contribution is 6.04. The van der Waals surface area contributed by atoms with Crippen LogP contribution in [0.2, 0.25) is 0 Å². The number of ether oxygens (including phenoxy) is 1. The van der Waals surface area contributed by atoms with Crippen molar-refractivity contribution < 1.29 is 27.8 Å². The van der Waals surface area contributed by atoms with Crippen molar-refractivity contribution in [3.8, 4) is 17.0 Å². The van der Waals surface area contributed by atoms with E-state index in [1.54, 1.807) is 12.3 Å². The summed E-state index contributed by atoms with van der Waals surface area (Å²) in [5.41, 5.74) is 5.56. The molecule has 1 amide bonds. The van der Waals surface area contributed by atoms with Crippen LogP contribution in [0.4, 0.5) is 24.5 Å². The van der Waals surface area contributed by atoms with E-state index in [0.29, 0.717) is 23.8 Å². The van der Waals surface area contributed by atoms with E-state index in [4.69, 9.17) is 15.6 Å². The van der Waals surface area contributed by atoms with Crippen LogP contribution in [0, 0.1) is 23.4 Å². The third kappa shape index (κ3) is 5.42. The Morgan fingerprint density at radius 3 is 2.72 bits per heavy atom. The minimum absolute atomic E-state index is 0.0197. The van der Waals surface area contributed by atoms with Crippen molar-refractivity contribution >= 4 is 17.3 Å². The molecule has 36 heavy (non-hydrogen) atoms. The zero-order valence-corrected chi connectivity index (χ0v) is 19.5. The van der Waals surface area contributed by atoms with Crippen LogP contribution < -0.4 is 20.7 Å². The molecule has 0 aliphatic carbocycles. The molecule has 1 aromatic carbocycles. The summed E-state index contributed by atoms with van der Waals surface area (Å²) in [6, 6.07) is 5.68. The summed E-state index contributed by atoms with van der Waals surface area (Å²) < 4.78 is 49.2. The fraction of sp³-hybridized carbons (Fsp3) is 0.320. The number of aromatic nitrogens is 2. The normalized spacial score (nSPS) is 17.7. The molecule has 8 nitrogen and oxygen atoms in total. The minimum atomic E-state index is -1.20. The lowest BCUT2D eigenvalue weighted by Gasteiger charge is -2.37. The Balaban J connectivity index is 1.64. The summed E-state index contributed by atoms with van der Waals surface area (Å²) in [5.74, 6) is -4.05. The molecule has 2 aromatic heterocycles. The Hall–Kier alpha value is -3.70. The van der Waals surface area contributed by atoms with E-state index in [9.17, 15) is 18.0 Å². The molecule has 1 aliphatic heterocycles. The zero-order valence-electron chi connectivity index (χ0n) is 19.5. The molecule has 4 rings (SSSR count). The zero-order chi connectivity index (χ0) is 25.8. The Labute approximate surface area is 205 Å². The molecule has 1 saturated heterocycles. The molecular weight excluding hydrogens is 475 g/mol. The molecule has 0 radical (unpaired) electrons. The average Bonchev–Trinajstić information content (AvgIpc) is 2.84. The van der Waals surface area contributed by atoms with Crippen molar-refractivity contribution in [1.29, 1.82) is 0 Å². The Bertz CT molecular complexity index is 1250. The van der Waals surface area contributed by atoms with Gasteiger partial charge >= 0.3 is 0 Å². The molecule has 0 saturated carbocycles. The molecule has 190 valence electrons.